The Bertz CT molecular complexity index is 1350. The van der Waals surface area contributed by atoms with Crippen molar-refractivity contribution in [3.8, 4) is 0 Å². The van der Waals surface area contributed by atoms with Gasteiger partial charge in [0.2, 0.25) is 5.95 Å². The maximum Gasteiger partial charge on any atom is 0.332 e. The van der Waals surface area contributed by atoms with Crippen LogP contribution in [0.2, 0.25) is 0 Å². The first kappa shape index (κ1) is 19.2. The number of halogens is 1. The summed E-state index contributed by atoms with van der Waals surface area (Å²) >= 11 is 0. The normalized spacial score (nSPS) is 11.4. The van der Waals surface area contributed by atoms with Crippen molar-refractivity contribution < 1.29 is 4.39 Å². The Hall–Kier alpha value is -4.08. The Labute approximate surface area is 169 Å². The summed E-state index contributed by atoms with van der Waals surface area (Å²) < 4.78 is 17.2. The van der Waals surface area contributed by atoms with Crippen molar-refractivity contribution in [1.29, 1.82) is 0 Å². The Balaban J connectivity index is 1.83. The number of benzene rings is 1. The number of nitrogens with one attached hydrogen (secondary N) is 1. The van der Waals surface area contributed by atoms with Crippen molar-refractivity contribution in [3.63, 3.8) is 0 Å². The van der Waals surface area contributed by atoms with Crippen molar-refractivity contribution >= 4 is 23.3 Å². The largest absolute Gasteiger partial charge is 0.332 e. The van der Waals surface area contributed by atoms with Crippen LogP contribution in [0.5, 0.6) is 0 Å². The van der Waals surface area contributed by atoms with Crippen LogP contribution in [0, 0.1) is 5.82 Å². The Morgan fingerprint density at radius 1 is 1.13 bits per heavy atom. The van der Waals surface area contributed by atoms with E-state index in [1.54, 1.807) is 48.4 Å². The lowest BCUT2D eigenvalue weighted by Gasteiger charge is -2.09. The molecule has 0 aliphatic carbocycles. The monoisotopic (exact) mass is 407 g/mol. The van der Waals surface area contributed by atoms with Gasteiger partial charge in [-0.15, -0.1) is 0 Å². The van der Waals surface area contributed by atoms with Crippen molar-refractivity contribution in [1.82, 2.24) is 23.7 Å². The van der Waals surface area contributed by atoms with Crippen molar-refractivity contribution in [2.75, 3.05) is 5.43 Å². The molecule has 3 aromatic heterocycles. The summed E-state index contributed by atoms with van der Waals surface area (Å²) in [5.74, 6) is -0.0836. The minimum Gasteiger partial charge on any atom is -0.298 e. The zero-order chi connectivity index (χ0) is 21.3. The molecule has 0 bridgehead atoms. The molecule has 0 amide bonds. The number of anilines is 1. The summed E-state index contributed by atoms with van der Waals surface area (Å²) in [6.45, 7) is 0.231. The van der Waals surface area contributed by atoms with Gasteiger partial charge < -0.3 is 0 Å². The maximum atomic E-state index is 13.3. The summed E-state index contributed by atoms with van der Waals surface area (Å²) in [5, 5.41) is 4.17. The minimum absolute atomic E-state index is 0.226. The third kappa shape index (κ3) is 3.50. The van der Waals surface area contributed by atoms with Gasteiger partial charge in [-0.1, -0.05) is 18.2 Å². The summed E-state index contributed by atoms with van der Waals surface area (Å²) in [4.78, 5) is 33.6. The van der Waals surface area contributed by atoms with E-state index in [-0.39, 0.29) is 29.5 Å². The molecule has 4 aromatic rings. The van der Waals surface area contributed by atoms with Gasteiger partial charge in [-0.2, -0.15) is 10.1 Å². The van der Waals surface area contributed by atoms with E-state index in [0.717, 1.165) is 15.7 Å². The molecular formula is C20H18FN7O2. The van der Waals surface area contributed by atoms with E-state index >= 15 is 0 Å². The van der Waals surface area contributed by atoms with Gasteiger partial charge in [-0.3, -0.25) is 23.5 Å². The first-order chi connectivity index (χ1) is 14.5. The number of hydrogen-bond acceptors (Lipinski definition) is 6. The lowest BCUT2D eigenvalue weighted by molar-refractivity contribution is 0.626. The molecule has 4 rings (SSSR count). The van der Waals surface area contributed by atoms with Gasteiger partial charge >= 0.3 is 5.69 Å². The first-order valence-corrected chi connectivity index (χ1v) is 9.05. The first-order valence-electron chi connectivity index (χ1n) is 9.05. The summed E-state index contributed by atoms with van der Waals surface area (Å²) in [6, 6.07) is 9.54. The van der Waals surface area contributed by atoms with Crippen molar-refractivity contribution in [3.05, 3.63) is 86.6 Å². The molecular weight excluding hydrogens is 389 g/mol. The molecule has 0 aliphatic heterocycles. The lowest BCUT2D eigenvalue weighted by Crippen LogP contribution is -2.37. The quantitative estimate of drug-likeness (QED) is 0.399. The van der Waals surface area contributed by atoms with E-state index in [2.05, 4.69) is 20.5 Å². The average molecular weight is 407 g/mol. The topological polar surface area (TPSA) is 99.1 Å². The second kappa shape index (κ2) is 7.74. The minimum atomic E-state index is -0.482. The van der Waals surface area contributed by atoms with E-state index in [4.69, 9.17) is 0 Å². The van der Waals surface area contributed by atoms with E-state index in [0.29, 0.717) is 0 Å². The third-order valence-corrected chi connectivity index (χ3v) is 4.66. The molecule has 10 heteroatoms. The number of hydrogen-bond donors (Lipinski definition) is 1. The SMILES string of the molecule is Cn1c(=O)c2c(nc(N/N=C/c3cccnc3)n2Cc2ccc(F)cc2)n(C)c1=O. The number of aromatic nitrogens is 5. The maximum absolute atomic E-state index is 13.3. The number of fused-ring (bicyclic) bond motifs is 1. The molecule has 0 atom stereocenters. The van der Waals surface area contributed by atoms with Gasteiger partial charge in [-0.25, -0.2) is 14.6 Å². The Morgan fingerprint density at radius 3 is 2.60 bits per heavy atom. The molecule has 0 saturated heterocycles. The molecule has 3 heterocycles. The number of rotatable bonds is 5. The van der Waals surface area contributed by atoms with Gasteiger partial charge in [0.15, 0.2) is 11.2 Å². The van der Waals surface area contributed by atoms with Crippen LogP contribution in [0.15, 0.2) is 63.5 Å². The molecule has 0 unspecified atom stereocenters. The molecule has 0 fully saturated rings. The highest BCUT2D eigenvalue weighted by atomic mass is 19.1. The van der Waals surface area contributed by atoms with Crippen molar-refractivity contribution in [2.45, 2.75) is 6.54 Å². The van der Waals surface area contributed by atoms with Crippen LogP contribution in [0.1, 0.15) is 11.1 Å². The highest BCUT2D eigenvalue weighted by Crippen LogP contribution is 2.18. The van der Waals surface area contributed by atoms with Gasteiger partial charge in [0, 0.05) is 32.1 Å². The number of aryl methyl sites for hydroxylation is 1. The summed E-state index contributed by atoms with van der Waals surface area (Å²) in [5.41, 5.74) is 3.86. The second-order valence-electron chi connectivity index (χ2n) is 6.68. The Morgan fingerprint density at radius 2 is 1.90 bits per heavy atom. The summed E-state index contributed by atoms with van der Waals surface area (Å²) in [6.07, 6.45) is 4.86. The van der Waals surface area contributed by atoms with E-state index in [9.17, 15) is 14.0 Å². The molecule has 30 heavy (non-hydrogen) atoms. The van der Waals surface area contributed by atoms with E-state index in [1.807, 2.05) is 6.07 Å². The molecule has 0 spiro atoms. The number of pyridine rings is 1. The molecule has 152 valence electrons. The highest BCUT2D eigenvalue weighted by Gasteiger charge is 2.19. The average Bonchev–Trinajstić information content (AvgIpc) is 3.11. The molecule has 0 radical (unpaired) electrons. The van der Waals surface area contributed by atoms with Gasteiger partial charge in [0.1, 0.15) is 5.82 Å². The van der Waals surface area contributed by atoms with Gasteiger partial charge in [-0.05, 0) is 23.8 Å². The number of hydrazone groups is 1. The molecule has 0 saturated carbocycles. The zero-order valence-electron chi connectivity index (χ0n) is 16.3. The van der Waals surface area contributed by atoms with Gasteiger partial charge in [0.05, 0.1) is 12.8 Å². The standard InChI is InChI=1S/C20H18FN7O2/c1-26-17-16(18(29)27(2)20(26)30)28(12-13-5-7-15(21)8-6-13)19(24-17)25-23-11-14-4-3-9-22-10-14/h3-11H,12H2,1-2H3,(H,24,25)/b23-11+. The van der Waals surface area contributed by atoms with Crippen LogP contribution in [0.25, 0.3) is 11.2 Å². The molecule has 9 nitrogen and oxygen atoms in total. The number of nitrogens with zero attached hydrogens (tertiary/aromatic N) is 6. The summed E-state index contributed by atoms with van der Waals surface area (Å²) in [7, 11) is 2.95. The number of imidazole rings is 1. The van der Waals surface area contributed by atoms with Gasteiger partial charge in [0.25, 0.3) is 5.56 Å². The zero-order valence-corrected chi connectivity index (χ0v) is 16.3. The highest BCUT2D eigenvalue weighted by molar-refractivity contribution is 5.80. The predicted molar refractivity (Wildman–Crippen MR) is 111 cm³/mol. The van der Waals surface area contributed by atoms with Crippen LogP contribution in [0.4, 0.5) is 10.3 Å². The molecule has 0 aliphatic rings. The van der Waals surface area contributed by atoms with Crippen LogP contribution in [-0.2, 0) is 20.6 Å². The lowest BCUT2D eigenvalue weighted by atomic mass is 10.2. The second-order valence-corrected chi connectivity index (χ2v) is 6.68. The van der Waals surface area contributed by atoms with Crippen LogP contribution in [-0.4, -0.2) is 29.9 Å². The predicted octanol–water partition coefficient (Wildman–Crippen LogP) is 1.46. The molecule has 1 aromatic carbocycles. The van der Waals surface area contributed by atoms with E-state index in [1.165, 1.54) is 23.7 Å². The van der Waals surface area contributed by atoms with Crippen molar-refractivity contribution in [2.24, 2.45) is 19.2 Å². The fraction of sp³-hybridized carbons (Fsp3) is 0.150. The smallest absolute Gasteiger partial charge is 0.298 e. The fourth-order valence-corrected chi connectivity index (χ4v) is 3.08. The van der Waals surface area contributed by atoms with E-state index < -0.39 is 11.2 Å². The van der Waals surface area contributed by atoms with Crippen LogP contribution in [0.3, 0.4) is 0 Å². The molecule has 1 N–H and O–H groups in total. The third-order valence-electron chi connectivity index (χ3n) is 4.66. The van der Waals surface area contributed by atoms with Crippen LogP contribution >= 0.6 is 0 Å². The van der Waals surface area contributed by atoms with Crippen LogP contribution < -0.4 is 16.7 Å². The Kier molecular flexibility index (Phi) is 4.97. The fourth-order valence-electron chi connectivity index (χ4n) is 3.08.